The lowest BCUT2D eigenvalue weighted by Crippen LogP contribution is -2.20. The van der Waals surface area contributed by atoms with Gasteiger partial charge in [0.05, 0.1) is 4.90 Å². The van der Waals surface area contributed by atoms with Crippen molar-refractivity contribution in [1.82, 2.24) is 4.72 Å². The molecule has 2 amide bonds. The number of carbonyl (C=O) groups is 2. The molecule has 1 fully saturated rings. The van der Waals surface area contributed by atoms with Crippen molar-refractivity contribution in [3.05, 3.63) is 53.6 Å². The molecule has 27 heavy (non-hydrogen) atoms. The van der Waals surface area contributed by atoms with E-state index >= 15 is 0 Å². The number of nitrogens with one attached hydrogen (secondary N) is 3. The average Bonchev–Trinajstić information content (AvgIpc) is 3.48. The molecule has 3 N–H and O–H groups in total. The van der Waals surface area contributed by atoms with E-state index in [-0.39, 0.29) is 22.3 Å². The van der Waals surface area contributed by atoms with E-state index in [2.05, 4.69) is 15.4 Å². The van der Waals surface area contributed by atoms with Crippen molar-refractivity contribution < 1.29 is 18.0 Å². The van der Waals surface area contributed by atoms with Gasteiger partial charge in [0.2, 0.25) is 15.9 Å². The largest absolute Gasteiger partial charge is 0.326 e. The molecule has 2 aromatic carbocycles. The van der Waals surface area contributed by atoms with E-state index in [4.69, 9.17) is 0 Å². The van der Waals surface area contributed by atoms with Gasteiger partial charge in [0.25, 0.3) is 5.91 Å². The van der Waals surface area contributed by atoms with Crippen LogP contribution in [0.4, 0.5) is 11.4 Å². The normalized spacial score (nSPS) is 13.9. The number of hydrogen-bond acceptors (Lipinski definition) is 4. The van der Waals surface area contributed by atoms with Gasteiger partial charge in [-0.1, -0.05) is 6.07 Å². The van der Waals surface area contributed by atoms with E-state index in [1.807, 2.05) is 0 Å². The molecule has 0 saturated heterocycles. The Labute approximate surface area is 158 Å². The second kappa shape index (κ2) is 7.50. The van der Waals surface area contributed by atoms with Crippen molar-refractivity contribution in [2.24, 2.45) is 5.92 Å². The first-order valence-electron chi connectivity index (χ1n) is 8.56. The fourth-order valence-electron chi connectivity index (χ4n) is 2.56. The SMILES string of the molecule is CNS(=O)(=O)c1ccc(C)c(C(=O)Nc2ccc(NC(=O)C3CC3)cc2)c1. The molecule has 0 atom stereocenters. The molecule has 0 aliphatic heterocycles. The van der Waals surface area contributed by atoms with Crippen molar-refractivity contribution in [2.75, 3.05) is 17.7 Å². The van der Waals surface area contributed by atoms with Crippen LogP contribution in [0.25, 0.3) is 0 Å². The molecule has 0 aromatic heterocycles. The zero-order valence-electron chi connectivity index (χ0n) is 15.1. The topological polar surface area (TPSA) is 104 Å². The van der Waals surface area contributed by atoms with Gasteiger partial charge in [0.1, 0.15) is 0 Å². The number of benzene rings is 2. The van der Waals surface area contributed by atoms with Crippen molar-refractivity contribution in [1.29, 1.82) is 0 Å². The van der Waals surface area contributed by atoms with Crippen LogP contribution in [0, 0.1) is 12.8 Å². The Balaban J connectivity index is 1.73. The number of anilines is 2. The van der Waals surface area contributed by atoms with Gasteiger partial charge in [-0.3, -0.25) is 9.59 Å². The zero-order valence-corrected chi connectivity index (χ0v) is 15.9. The monoisotopic (exact) mass is 387 g/mol. The van der Waals surface area contributed by atoms with Gasteiger partial charge in [0.15, 0.2) is 0 Å². The highest BCUT2D eigenvalue weighted by molar-refractivity contribution is 7.89. The molecular weight excluding hydrogens is 366 g/mol. The van der Waals surface area contributed by atoms with Crippen LogP contribution in [0.3, 0.4) is 0 Å². The number of rotatable bonds is 6. The summed E-state index contributed by atoms with van der Waals surface area (Å²) in [6.07, 6.45) is 1.86. The van der Waals surface area contributed by atoms with Crippen molar-refractivity contribution in [3.8, 4) is 0 Å². The summed E-state index contributed by atoms with van der Waals surface area (Å²) in [5.74, 6) is -0.270. The van der Waals surface area contributed by atoms with Gasteiger partial charge in [-0.05, 0) is 68.8 Å². The quantitative estimate of drug-likeness (QED) is 0.708. The highest BCUT2D eigenvalue weighted by atomic mass is 32.2. The molecule has 1 saturated carbocycles. The summed E-state index contributed by atoms with van der Waals surface area (Å²) in [6.45, 7) is 1.74. The van der Waals surface area contributed by atoms with Crippen LogP contribution in [-0.2, 0) is 14.8 Å². The molecule has 0 unspecified atom stereocenters. The Hall–Kier alpha value is -2.71. The highest BCUT2D eigenvalue weighted by Gasteiger charge is 2.29. The Morgan fingerprint density at radius 2 is 1.56 bits per heavy atom. The van der Waals surface area contributed by atoms with Gasteiger partial charge in [-0.25, -0.2) is 13.1 Å². The number of amides is 2. The minimum absolute atomic E-state index is 0.0185. The van der Waals surface area contributed by atoms with E-state index in [0.717, 1.165) is 12.8 Å². The Bertz CT molecular complexity index is 981. The minimum atomic E-state index is -3.63. The van der Waals surface area contributed by atoms with Crippen LogP contribution in [0.15, 0.2) is 47.4 Å². The van der Waals surface area contributed by atoms with Crippen molar-refractivity contribution in [3.63, 3.8) is 0 Å². The van der Waals surface area contributed by atoms with E-state index in [1.165, 1.54) is 19.2 Å². The molecule has 7 nitrogen and oxygen atoms in total. The van der Waals surface area contributed by atoms with Crippen LogP contribution in [0.5, 0.6) is 0 Å². The Morgan fingerprint density at radius 3 is 2.11 bits per heavy atom. The smallest absolute Gasteiger partial charge is 0.255 e. The van der Waals surface area contributed by atoms with Crippen LogP contribution >= 0.6 is 0 Å². The third kappa shape index (κ3) is 4.53. The molecule has 0 bridgehead atoms. The van der Waals surface area contributed by atoms with Crippen LogP contribution < -0.4 is 15.4 Å². The molecule has 0 spiro atoms. The van der Waals surface area contributed by atoms with E-state index in [1.54, 1.807) is 37.3 Å². The third-order valence-corrected chi connectivity index (χ3v) is 5.80. The fourth-order valence-corrected chi connectivity index (χ4v) is 3.31. The van der Waals surface area contributed by atoms with Gasteiger partial charge >= 0.3 is 0 Å². The van der Waals surface area contributed by atoms with E-state index in [0.29, 0.717) is 16.9 Å². The van der Waals surface area contributed by atoms with Gasteiger partial charge in [0, 0.05) is 22.9 Å². The molecular formula is C19H21N3O4S. The lowest BCUT2D eigenvalue weighted by atomic mass is 10.1. The summed E-state index contributed by atoms with van der Waals surface area (Å²) < 4.78 is 26.1. The number of hydrogen-bond donors (Lipinski definition) is 3. The molecule has 0 heterocycles. The fraction of sp³-hybridized carbons (Fsp3) is 0.263. The number of sulfonamides is 1. The summed E-state index contributed by atoms with van der Waals surface area (Å²) >= 11 is 0. The summed E-state index contributed by atoms with van der Waals surface area (Å²) in [6, 6.07) is 11.2. The second-order valence-corrected chi connectivity index (χ2v) is 8.37. The second-order valence-electron chi connectivity index (χ2n) is 6.48. The van der Waals surface area contributed by atoms with Gasteiger partial charge in [-0.2, -0.15) is 0 Å². The minimum Gasteiger partial charge on any atom is -0.326 e. The summed E-state index contributed by atoms with van der Waals surface area (Å²) in [4.78, 5) is 24.4. The first-order valence-corrected chi connectivity index (χ1v) is 10.0. The van der Waals surface area contributed by atoms with Crippen molar-refractivity contribution >= 4 is 33.2 Å². The van der Waals surface area contributed by atoms with Crippen LogP contribution in [0.2, 0.25) is 0 Å². The third-order valence-electron chi connectivity index (χ3n) is 4.39. The molecule has 1 aliphatic carbocycles. The van der Waals surface area contributed by atoms with Gasteiger partial charge in [-0.15, -0.1) is 0 Å². The Morgan fingerprint density at radius 1 is 0.963 bits per heavy atom. The number of aryl methyl sites for hydroxylation is 1. The van der Waals surface area contributed by atoms with Crippen LogP contribution in [-0.4, -0.2) is 27.3 Å². The predicted molar refractivity (Wildman–Crippen MR) is 103 cm³/mol. The van der Waals surface area contributed by atoms with E-state index in [9.17, 15) is 18.0 Å². The average molecular weight is 387 g/mol. The molecule has 0 radical (unpaired) electrons. The lowest BCUT2D eigenvalue weighted by Gasteiger charge is -2.11. The summed E-state index contributed by atoms with van der Waals surface area (Å²) in [7, 11) is -2.32. The zero-order chi connectivity index (χ0) is 19.6. The number of carbonyl (C=O) groups excluding carboxylic acids is 2. The van der Waals surface area contributed by atoms with Crippen LogP contribution in [0.1, 0.15) is 28.8 Å². The maximum absolute atomic E-state index is 12.6. The first-order chi connectivity index (χ1) is 12.8. The maximum atomic E-state index is 12.6. The lowest BCUT2D eigenvalue weighted by molar-refractivity contribution is -0.117. The predicted octanol–water partition coefficient (Wildman–Crippen LogP) is 2.50. The molecule has 3 rings (SSSR count). The molecule has 1 aliphatic rings. The molecule has 142 valence electrons. The van der Waals surface area contributed by atoms with E-state index < -0.39 is 15.9 Å². The maximum Gasteiger partial charge on any atom is 0.255 e. The molecule has 2 aromatic rings. The standard InChI is InChI=1S/C19H21N3O4S/c1-12-3-10-16(27(25,26)20-2)11-17(12)19(24)22-15-8-6-14(7-9-15)21-18(23)13-4-5-13/h3,6-11,13,20H,4-5H2,1-2H3,(H,21,23)(H,22,24). The van der Waals surface area contributed by atoms with Crippen molar-refractivity contribution in [2.45, 2.75) is 24.7 Å². The summed E-state index contributed by atoms with van der Waals surface area (Å²) in [5.41, 5.74) is 2.15. The first kappa shape index (κ1) is 19.1. The van der Waals surface area contributed by atoms with Gasteiger partial charge < -0.3 is 10.6 Å². The summed E-state index contributed by atoms with van der Waals surface area (Å²) in [5, 5.41) is 5.57. The Kier molecular flexibility index (Phi) is 5.29. The highest BCUT2D eigenvalue weighted by Crippen LogP contribution is 2.30. The molecule has 8 heteroatoms.